The molecular formula is C11H4IN5O. The van der Waals surface area contributed by atoms with Crippen molar-refractivity contribution < 1.29 is 4.79 Å². The Kier molecular flexibility index (Phi) is 1.85. The number of fused-ring (bicyclic) bond motifs is 4. The van der Waals surface area contributed by atoms with Crippen LogP contribution >= 0.6 is 22.6 Å². The van der Waals surface area contributed by atoms with E-state index >= 15 is 0 Å². The second-order valence-corrected chi connectivity index (χ2v) is 4.83. The van der Waals surface area contributed by atoms with E-state index in [0.717, 1.165) is 5.56 Å². The Morgan fingerprint density at radius 2 is 1.83 bits per heavy atom. The molecule has 0 N–H and O–H groups in total. The first-order valence-electron chi connectivity index (χ1n) is 5.19. The van der Waals surface area contributed by atoms with Crippen molar-refractivity contribution in [3.8, 4) is 11.3 Å². The SMILES string of the molecule is O=C1c2ccccc2-c2nc3nnc(I)n3nc21. The van der Waals surface area contributed by atoms with Gasteiger partial charge in [-0.25, -0.2) is 4.98 Å². The molecule has 4 rings (SSSR count). The summed E-state index contributed by atoms with van der Waals surface area (Å²) in [4.78, 5) is 16.6. The summed E-state index contributed by atoms with van der Waals surface area (Å²) in [6.07, 6.45) is 0. The standard InChI is InChI=1S/C11H4IN5O/c12-10-14-15-11-13-7-5-3-1-2-4-6(5)9(18)8(7)16-17(10)11/h1-4H. The molecule has 0 saturated carbocycles. The van der Waals surface area contributed by atoms with Crippen molar-refractivity contribution in [1.29, 1.82) is 0 Å². The molecule has 1 aliphatic carbocycles. The van der Waals surface area contributed by atoms with Gasteiger partial charge >= 0.3 is 0 Å². The first-order valence-corrected chi connectivity index (χ1v) is 6.26. The zero-order valence-electron chi connectivity index (χ0n) is 8.83. The minimum absolute atomic E-state index is 0.0977. The number of halogens is 1. The number of carbonyl (C=O) groups excluding carboxylic acids is 1. The van der Waals surface area contributed by atoms with Crippen molar-refractivity contribution in [3.63, 3.8) is 0 Å². The van der Waals surface area contributed by atoms with Gasteiger partial charge in [0.15, 0.2) is 5.69 Å². The van der Waals surface area contributed by atoms with E-state index in [0.29, 0.717) is 26.6 Å². The maximum absolute atomic E-state index is 12.2. The fraction of sp³-hybridized carbons (Fsp3) is 0. The van der Waals surface area contributed by atoms with E-state index in [9.17, 15) is 4.79 Å². The molecule has 2 heterocycles. The van der Waals surface area contributed by atoms with Gasteiger partial charge in [0.2, 0.25) is 9.61 Å². The first kappa shape index (κ1) is 10.1. The van der Waals surface area contributed by atoms with Gasteiger partial charge in [-0.2, -0.15) is 9.61 Å². The van der Waals surface area contributed by atoms with Gasteiger partial charge in [0.25, 0.3) is 5.78 Å². The topological polar surface area (TPSA) is 73.0 Å². The van der Waals surface area contributed by atoms with Crippen LogP contribution in [0, 0.1) is 3.83 Å². The van der Waals surface area contributed by atoms with E-state index in [1.165, 1.54) is 4.52 Å². The molecule has 0 radical (unpaired) electrons. The lowest BCUT2D eigenvalue weighted by molar-refractivity contribution is 0.103. The Labute approximate surface area is 114 Å². The number of hydrogen-bond donors (Lipinski definition) is 0. The van der Waals surface area contributed by atoms with Crippen LogP contribution in [-0.2, 0) is 0 Å². The minimum Gasteiger partial charge on any atom is -0.287 e. The molecule has 2 aromatic heterocycles. The lowest BCUT2D eigenvalue weighted by Crippen LogP contribution is -2.06. The van der Waals surface area contributed by atoms with Gasteiger partial charge in [-0.1, -0.05) is 24.3 Å². The fourth-order valence-electron chi connectivity index (χ4n) is 2.07. The summed E-state index contributed by atoms with van der Waals surface area (Å²) in [6.45, 7) is 0. The van der Waals surface area contributed by atoms with E-state index in [-0.39, 0.29) is 5.78 Å². The molecule has 0 aliphatic heterocycles. The average Bonchev–Trinajstić information content (AvgIpc) is 2.90. The second-order valence-electron chi connectivity index (χ2n) is 3.86. The Bertz CT molecular complexity index is 825. The van der Waals surface area contributed by atoms with Gasteiger partial charge in [0, 0.05) is 33.7 Å². The van der Waals surface area contributed by atoms with Gasteiger partial charge in [0.1, 0.15) is 5.69 Å². The van der Waals surface area contributed by atoms with Crippen LogP contribution < -0.4 is 0 Å². The summed E-state index contributed by atoms with van der Waals surface area (Å²) < 4.78 is 2.06. The minimum atomic E-state index is -0.0977. The van der Waals surface area contributed by atoms with Gasteiger partial charge < -0.3 is 0 Å². The van der Waals surface area contributed by atoms with Crippen LogP contribution in [0.25, 0.3) is 17.0 Å². The number of ketones is 1. The normalized spacial score (nSPS) is 12.8. The molecule has 86 valence electrons. The van der Waals surface area contributed by atoms with Gasteiger partial charge in [-0.15, -0.1) is 10.2 Å². The highest BCUT2D eigenvalue weighted by Crippen LogP contribution is 2.33. The fourth-order valence-corrected chi connectivity index (χ4v) is 2.50. The van der Waals surface area contributed by atoms with Crippen molar-refractivity contribution in [2.75, 3.05) is 0 Å². The molecule has 0 unspecified atom stereocenters. The van der Waals surface area contributed by atoms with Crippen LogP contribution in [0.1, 0.15) is 16.1 Å². The third-order valence-electron chi connectivity index (χ3n) is 2.86. The Morgan fingerprint density at radius 1 is 1.06 bits per heavy atom. The van der Waals surface area contributed by atoms with E-state index in [1.54, 1.807) is 6.07 Å². The molecule has 0 bridgehead atoms. The zero-order chi connectivity index (χ0) is 12.3. The summed E-state index contributed by atoms with van der Waals surface area (Å²) in [5, 5.41) is 12.1. The van der Waals surface area contributed by atoms with E-state index in [4.69, 9.17) is 0 Å². The number of carbonyl (C=O) groups is 1. The van der Waals surface area contributed by atoms with Gasteiger partial charge in [-0.3, -0.25) is 4.79 Å². The largest absolute Gasteiger partial charge is 0.287 e. The van der Waals surface area contributed by atoms with E-state index < -0.39 is 0 Å². The van der Waals surface area contributed by atoms with Crippen molar-refractivity contribution in [3.05, 3.63) is 39.4 Å². The highest BCUT2D eigenvalue weighted by Gasteiger charge is 2.30. The third-order valence-corrected chi connectivity index (χ3v) is 3.54. The maximum atomic E-state index is 12.2. The number of benzene rings is 1. The maximum Gasteiger partial charge on any atom is 0.273 e. The molecule has 0 saturated heterocycles. The molecule has 0 atom stereocenters. The van der Waals surface area contributed by atoms with Crippen molar-refractivity contribution in [1.82, 2.24) is 24.8 Å². The van der Waals surface area contributed by atoms with Gasteiger partial charge in [-0.05, 0) is 0 Å². The predicted octanol–water partition coefficient (Wildman–Crippen LogP) is 1.34. The highest BCUT2D eigenvalue weighted by molar-refractivity contribution is 14.1. The molecule has 18 heavy (non-hydrogen) atoms. The monoisotopic (exact) mass is 349 g/mol. The number of aromatic nitrogens is 5. The molecule has 1 aliphatic rings. The second kappa shape index (κ2) is 3.31. The van der Waals surface area contributed by atoms with Gasteiger partial charge in [0.05, 0.1) is 0 Å². The average molecular weight is 349 g/mol. The first-order chi connectivity index (χ1) is 8.75. The molecule has 7 heteroatoms. The van der Waals surface area contributed by atoms with Crippen LogP contribution in [0.4, 0.5) is 0 Å². The summed E-state index contributed by atoms with van der Waals surface area (Å²) in [5.74, 6) is 0.308. The van der Waals surface area contributed by atoms with Crippen molar-refractivity contribution in [2.45, 2.75) is 0 Å². The lowest BCUT2D eigenvalue weighted by atomic mass is 10.1. The zero-order valence-corrected chi connectivity index (χ0v) is 11.0. The third kappa shape index (κ3) is 1.14. The summed E-state index contributed by atoms with van der Waals surface area (Å²) in [7, 11) is 0. The highest BCUT2D eigenvalue weighted by atomic mass is 127. The number of rotatable bonds is 0. The molecule has 1 aromatic carbocycles. The smallest absolute Gasteiger partial charge is 0.273 e. The molecule has 6 nitrogen and oxygen atoms in total. The van der Waals surface area contributed by atoms with Crippen LogP contribution in [-0.4, -0.2) is 30.6 Å². The van der Waals surface area contributed by atoms with Crippen LogP contribution in [0.2, 0.25) is 0 Å². The van der Waals surface area contributed by atoms with Crippen LogP contribution in [0.5, 0.6) is 0 Å². The van der Waals surface area contributed by atoms with Crippen molar-refractivity contribution >= 4 is 34.2 Å². The molecule has 3 aromatic rings. The van der Waals surface area contributed by atoms with E-state index in [1.807, 2.05) is 40.8 Å². The van der Waals surface area contributed by atoms with Crippen molar-refractivity contribution in [2.24, 2.45) is 0 Å². The summed E-state index contributed by atoms with van der Waals surface area (Å²) in [6, 6.07) is 7.36. The van der Waals surface area contributed by atoms with Crippen LogP contribution in [0.15, 0.2) is 24.3 Å². The Balaban J connectivity index is 2.14. The summed E-state index contributed by atoms with van der Waals surface area (Å²) in [5.41, 5.74) is 2.41. The molecular weight excluding hydrogens is 345 g/mol. The predicted molar refractivity (Wildman–Crippen MR) is 70.2 cm³/mol. The van der Waals surface area contributed by atoms with Crippen LogP contribution in [0.3, 0.4) is 0 Å². The molecule has 0 amide bonds. The Hall–Kier alpha value is -1.90. The quantitative estimate of drug-likeness (QED) is 0.448. The molecule has 0 fully saturated rings. The lowest BCUT2D eigenvalue weighted by Gasteiger charge is -1.98. The molecule has 0 spiro atoms. The van der Waals surface area contributed by atoms with E-state index in [2.05, 4.69) is 20.3 Å². The number of nitrogens with zero attached hydrogens (tertiary/aromatic N) is 5. The number of hydrogen-bond acceptors (Lipinski definition) is 5. The Morgan fingerprint density at radius 3 is 2.67 bits per heavy atom. The summed E-state index contributed by atoms with van der Waals surface area (Å²) >= 11 is 2.00.